The van der Waals surface area contributed by atoms with Crippen molar-refractivity contribution in [3.05, 3.63) is 29.8 Å². The van der Waals surface area contributed by atoms with E-state index in [0.717, 1.165) is 49.8 Å². The molecule has 0 spiro atoms. The van der Waals surface area contributed by atoms with Gasteiger partial charge in [0.05, 0.1) is 19.6 Å². The van der Waals surface area contributed by atoms with Gasteiger partial charge in [-0.25, -0.2) is 0 Å². The molecule has 5 heteroatoms. The Morgan fingerprint density at radius 2 is 1.93 bits per heavy atom. The smallest absolute Gasteiger partial charge is 0.227 e. The molecule has 1 aromatic rings. The number of methoxy groups -OCH3 is 1. The highest BCUT2D eigenvalue weighted by Gasteiger charge is 2.44. The number of carbonyl (C=O) groups excluding carboxylic acids is 1. The molecule has 2 saturated carbocycles. The lowest BCUT2D eigenvalue weighted by Gasteiger charge is -2.41. The average molecular weight is 387 g/mol. The van der Waals surface area contributed by atoms with Crippen LogP contribution in [0.5, 0.6) is 5.75 Å². The first-order valence-corrected chi connectivity index (χ1v) is 10.7. The predicted octanol–water partition coefficient (Wildman–Crippen LogP) is 2.83. The van der Waals surface area contributed by atoms with Crippen LogP contribution in [0.3, 0.4) is 0 Å². The van der Waals surface area contributed by atoms with Gasteiger partial charge in [0.25, 0.3) is 0 Å². The van der Waals surface area contributed by atoms with Crippen LogP contribution in [0.4, 0.5) is 0 Å². The Bertz CT molecular complexity index is 688. The largest absolute Gasteiger partial charge is 0.497 e. The Morgan fingerprint density at radius 3 is 2.61 bits per heavy atom. The van der Waals surface area contributed by atoms with Gasteiger partial charge in [0.1, 0.15) is 5.75 Å². The highest BCUT2D eigenvalue weighted by atomic mass is 16.5. The molecule has 3 aliphatic rings. The molecule has 1 aromatic carbocycles. The summed E-state index contributed by atoms with van der Waals surface area (Å²) in [6.45, 7) is 2.70. The highest BCUT2D eigenvalue weighted by molar-refractivity contribution is 5.79. The van der Waals surface area contributed by atoms with Crippen molar-refractivity contribution in [2.75, 3.05) is 40.9 Å². The summed E-state index contributed by atoms with van der Waals surface area (Å²) < 4.78 is 11.6. The minimum Gasteiger partial charge on any atom is -0.497 e. The first-order chi connectivity index (χ1) is 13.5. The van der Waals surface area contributed by atoms with Gasteiger partial charge >= 0.3 is 0 Å². The second-order valence-electron chi connectivity index (χ2n) is 9.16. The van der Waals surface area contributed by atoms with Gasteiger partial charge in [-0.2, -0.15) is 0 Å². The van der Waals surface area contributed by atoms with Crippen LogP contribution in [-0.2, 0) is 16.0 Å². The van der Waals surface area contributed by atoms with Crippen LogP contribution in [0.15, 0.2) is 24.3 Å². The van der Waals surface area contributed by atoms with E-state index in [4.69, 9.17) is 9.47 Å². The van der Waals surface area contributed by atoms with Crippen molar-refractivity contribution < 1.29 is 14.3 Å². The van der Waals surface area contributed by atoms with Crippen molar-refractivity contribution in [3.63, 3.8) is 0 Å². The second-order valence-corrected chi connectivity index (χ2v) is 9.16. The maximum Gasteiger partial charge on any atom is 0.227 e. The summed E-state index contributed by atoms with van der Waals surface area (Å²) in [4.78, 5) is 17.3. The lowest BCUT2D eigenvalue weighted by atomic mass is 9.77. The van der Waals surface area contributed by atoms with Gasteiger partial charge in [-0.1, -0.05) is 12.1 Å². The number of likely N-dealkylation sites (N-methyl/N-ethyl adjacent to an activating group) is 1. The number of rotatable bonds is 7. The number of amides is 1. The maximum atomic E-state index is 12.9. The molecule has 1 amide bonds. The van der Waals surface area contributed by atoms with Crippen LogP contribution in [0.2, 0.25) is 0 Å². The predicted molar refractivity (Wildman–Crippen MR) is 109 cm³/mol. The Kier molecular flexibility index (Phi) is 5.93. The van der Waals surface area contributed by atoms with E-state index >= 15 is 0 Å². The fourth-order valence-corrected chi connectivity index (χ4v) is 4.93. The number of hydrogen-bond donors (Lipinski definition) is 0. The Hall–Kier alpha value is -1.59. The Morgan fingerprint density at radius 1 is 1.18 bits per heavy atom. The topological polar surface area (TPSA) is 42.0 Å². The summed E-state index contributed by atoms with van der Waals surface area (Å²) in [5.74, 6) is 3.02. The number of hydrogen-bond acceptors (Lipinski definition) is 4. The fourth-order valence-electron chi connectivity index (χ4n) is 4.93. The molecule has 0 N–H and O–H groups in total. The average Bonchev–Trinajstić information content (AvgIpc) is 3.42. The van der Waals surface area contributed by atoms with Crippen molar-refractivity contribution in [2.24, 2.45) is 17.8 Å². The maximum absolute atomic E-state index is 12.9. The third-order valence-corrected chi connectivity index (χ3v) is 6.83. The van der Waals surface area contributed by atoms with Crippen LogP contribution < -0.4 is 4.74 Å². The third-order valence-electron chi connectivity index (χ3n) is 6.83. The Labute approximate surface area is 169 Å². The molecule has 0 unspecified atom stereocenters. The summed E-state index contributed by atoms with van der Waals surface area (Å²) in [7, 11) is 5.99. The molecule has 0 radical (unpaired) electrons. The molecule has 1 heterocycles. The monoisotopic (exact) mass is 386 g/mol. The SMILES string of the molecule is COc1cccc(CC(=O)N2C[C@H]3C[C@@H](N(C)C)[C@H](OCC4CC4)C[C@H]3C2)c1. The minimum absolute atomic E-state index is 0.236. The van der Waals surface area contributed by atoms with Crippen molar-refractivity contribution >= 4 is 5.91 Å². The molecule has 3 fully saturated rings. The van der Waals surface area contributed by atoms with E-state index in [2.05, 4.69) is 23.9 Å². The summed E-state index contributed by atoms with van der Waals surface area (Å²) in [5.41, 5.74) is 1.02. The molecule has 4 rings (SSSR count). The zero-order chi connectivity index (χ0) is 19.7. The third kappa shape index (κ3) is 4.52. The molecule has 2 aliphatic carbocycles. The van der Waals surface area contributed by atoms with E-state index in [-0.39, 0.29) is 5.91 Å². The van der Waals surface area contributed by atoms with Gasteiger partial charge < -0.3 is 19.3 Å². The highest BCUT2D eigenvalue weighted by Crippen LogP contribution is 2.40. The first kappa shape index (κ1) is 19.7. The quantitative estimate of drug-likeness (QED) is 0.723. The molecule has 5 nitrogen and oxygen atoms in total. The molecular weight excluding hydrogens is 352 g/mol. The van der Waals surface area contributed by atoms with Crippen LogP contribution >= 0.6 is 0 Å². The van der Waals surface area contributed by atoms with Gasteiger partial charge in [0.2, 0.25) is 5.91 Å². The molecule has 0 bridgehead atoms. The Balaban J connectivity index is 1.36. The second kappa shape index (κ2) is 8.42. The van der Waals surface area contributed by atoms with Crippen molar-refractivity contribution in [2.45, 2.75) is 44.2 Å². The van der Waals surface area contributed by atoms with Crippen LogP contribution in [0.1, 0.15) is 31.2 Å². The number of benzene rings is 1. The fraction of sp³-hybridized carbons (Fsp3) is 0.696. The molecule has 0 aromatic heterocycles. The molecule has 154 valence electrons. The number of nitrogens with zero attached hydrogens (tertiary/aromatic N) is 2. The normalized spacial score (nSPS) is 29.8. The number of fused-ring (bicyclic) bond motifs is 1. The number of likely N-dealkylation sites (tertiary alicyclic amines) is 1. The number of carbonyl (C=O) groups is 1. The first-order valence-electron chi connectivity index (χ1n) is 10.7. The van der Waals surface area contributed by atoms with Crippen molar-refractivity contribution in [3.8, 4) is 5.75 Å². The van der Waals surface area contributed by atoms with E-state index < -0.39 is 0 Å². The molecule has 4 atom stereocenters. The van der Waals surface area contributed by atoms with Gasteiger partial charge in [-0.15, -0.1) is 0 Å². The van der Waals surface area contributed by atoms with Crippen LogP contribution in [-0.4, -0.2) is 68.8 Å². The summed E-state index contributed by atoms with van der Waals surface area (Å²) in [5, 5.41) is 0. The molecule has 1 saturated heterocycles. The zero-order valence-corrected chi connectivity index (χ0v) is 17.5. The summed E-state index contributed by atoms with van der Waals surface area (Å²) in [6, 6.07) is 8.31. The standard InChI is InChI=1S/C23H34N2O3/c1-24(2)21-11-18-13-25(14-19(18)12-22(21)28-15-16-7-8-16)23(26)10-17-5-4-6-20(9-17)27-3/h4-6,9,16,18-19,21-22H,7-8,10-15H2,1-3H3/t18-,19+,21-,22-/m1/s1. The summed E-state index contributed by atoms with van der Waals surface area (Å²) >= 11 is 0. The van der Waals surface area contributed by atoms with E-state index in [9.17, 15) is 4.79 Å². The van der Waals surface area contributed by atoms with E-state index in [1.54, 1.807) is 7.11 Å². The van der Waals surface area contributed by atoms with Crippen molar-refractivity contribution in [1.82, 2.24) is 9.80 Å². The minimum atomic E-state index is 0.236. The zero-order valence-electron chi connectivity index (χ0n) is 17.5. The molecular formula is C23H34N2O3. The van der Waals surface area contributed by atoms with Gasteiger partial charge in [-0.3, -0.25) is 4.79 Å². The van der Waals surface area contributed by atoms with E-state index in [0.29, 0.717) is 30.4 Å². The van der Waals surface area contributed by atoms with Crippen LogP contribution in [0.25, 0.3) is 0 Å². The lowest BCUT2D eigenvalue weighted by Crippen LogP contribution is -2.48. The molecule has 1 aliphatic heterocycles. The van der Waals surface area contributed by atoms with Gasteiger partial charge in [0.15, 0.2) is 0 Å². The van der Waals surface area contributed by atoms with E-state index in [1.165, 1.54) is 12.8 Å². The van der Waals surface area contributed by atoms with Gasteiger partial charge in [0, 0.05) is 25.7 Å². The van der Waals surface area contributed by atoms with E-state index in [1.807, 2.05) is 24.3 Å². The molecule has 28 heavy (non-hydrogen) atoms. The summed E-state index contributed by atoms with van der Waals surface area (Å²) in [6.07, 6.45) is 5.65. The lowest BCUT2D eigenvalue weighted by molar-refractivity contribution is -0.129. The van der Waals surface area contributed by atoms with Gasteiger partial charge in [-0.05, 0) is 75.2 Å². The van der Waals surface area contributed by atoms with Crippen molar-refractivity contribution in [1.29, 1.82) is 0 Å². The number of ether oxygens (including phenoxy) is 2. The van der Waals surface area contributed by atoms with Crippen LogP contribution in [0, 0.1) is 17.8 Å².